The first kappa shape index (κ1) is 19.8. The van der Waals surface area contributed by atoms with Gasteiger partial charge in [-0.25, -0.2) is 0 Å². The number of nitrogens with two attached hydrogens (primary N) is 1. The molecule has 0 aliphatic heterocycles. The molecule has 2 aromatic carbocycles. The summed E-state index contributed by atoms with van der Waals surface area (Å²) in [5.74, 6) is 0.170. The SMILES string of the molecule is COc1ccc(NC(C)=O)cc1NC(=O)C[NH2+][C@@H](C)c1cccc(Cl)c1. The zero-order chi connectivity index (χ0) is 19.1. The summed E-state index contributed by atoms with van der Waals surface area (Å²) in [5, 5.41) is 8.10. The summed E-state index contributed by atoms with van der Waals surface area (Å²) >= 11 is 6.01. The molecule has 2 aromatic rings. The summed E-state index contributed by atoms with van der Waals surface area (Å²) < 4.78 is 5.26. The average Bonchev–Trinajstić information content (AvgIpc) is 2.59. The molecule has 0 saturated heterocycles. The summed E-state index contributed by atoms with van der Waals surface area (Å²) in [4.78, 5) is 23.5. The van der Waals surface area contributed by atoms with Crippen molar-refractivity contribution in [2.24, 2.45) is 0 Å². The van der Waals surface area contributed by atoms with Gasteiger partial charge < -0.3 is 20.7 Å². The molecular formula is C19H23ClN3O3+. The monoisotopic (exact) mass is 376 g/mol. The molecule has 0 spiro atoms. The molecule has 4 N–H and O–H groups in total. The highest BCUT2D eigenvalue weighted by molar-refractivity contribution is 6.30. The number of methoxy groups -OCH3 is 1. The van der Waals surface area contributed by atoms with Crippen molar-refractivity contribution < 1.29 is 19.6 Å². The highest BCUT2D eigenvalue weighted by Gasteiger charge is 2.14. The van der Waals surface area contributed by atoms with Gasteiger partial charge in [-0.1, -0.05) is 23.7 Å². The first-order valence-electron chi connectivity index (χ1n) is 8.23. The first-order chi connectivity index (χ1) is 12.4. The number of rotatable bonds is 7. The Kier molecular flexibility index (Phi) is 7.00. The Labute approximate surface area is 157 Å². The number of hydrogen-bond donors (Lipinski definition) is 3. The van der Waals surface area contributed by atoms with E-state index in [1.165, 1.54) is 14.0 Å². The fraction of sp³-hybridized carbons (Fsp3) is 0.263. The molecule has 7 heteroatoms. The van der Waals surface area contributed by atoms with Gasteiger partial charge in [0.1, 0.15) is 11.8 Å². The minimum absolute atomic E-state index is 0.0899. The van der Waals surface area contributed by atoms with Gasteiger partial charge in [0.05, 0.1) is 12.8 Å². The van der Waals surface area contributed by atoms with E-state index in [2.05, 4.69) is 10.6 Å². The first-order valence-corrected chi connectivity index (χ1v) is 8.61. The summed E-state index contributed by atoms with van der Waals surface area (Å²) in [6.07, 6.45) is 0. The van der Waals surface area contributed by atoms with Crippen molar-refractivity contribution in [2.45, 2.75) is 19.9 Å². The summed E-state index contributed by atoms with van der Waals surface area (Å²) in [5.41, 5.74) is 2.15. The maximum Gasteiger partial charge on any atom is 0.279 e. The Morgan fingerprint density at radius 3 is 2.62 bits per heavy atom. The zero-order valence-electron chi connectivity index (χ0n) is 15.0. The van der Waals surface area contributed by atoms with Crippen LogP contribution in [0.5, 0.6) is 5.75 Å². The summed E-state index contributed by atoms with van der Waals surface area (Å²) in [6, 6.07) is 12.7. The molecular weight excluding hydrogens is 354 g/mol. The molecule has 138 valence electrons. The van der Waals surface area contributed by atoms with E-state index in [9.17, 15) is 9.59 Å². The molecule has 6 nitrogen and oxygen atoms in total. The lowest BCUT2D eigenvalue weighted by Gasteiger charge is -2.14. The van der Waals surface area contributed by atoms with Crippen LogP contribution in [0.4, 0.5) is 11.4 Å². The van der Waals surface area contributed by atoms with Crippen LogP contribution < -0.4 is 20.7 Å². The topological polar surface area (TPSA) is 84.0 Å². The van der Waals surface area contributed by atoms with E-state index in [0.29, 0.717) is 22.1 Å². The van der Waals surface area contributed by atoms with Crippen molar-refractivity contribution >= 4 is 34.8 Å². The fourth-order valence-corrected chi connectivity index (χ4v) is 2.70. The quantitative estimate of drug-likeness (QED) is 0.694. The van der Waals surface area contributed by atoms with E-state index in [4.69, 9.17) is 16.3 Å². The fourth-order valence-electron chi connectivity index (χ4n) is 2.50. The Morgan fingerprint density at radius 2 is 1.96 bits per heavy atom. The van der Waals surface area contributed by atoms with E-state index < -0.39 is 0 Å². The van der Waals surface area contributed by atoms with Gasteiger partial charge in [-0.3, -0.25) is 9.59 Å². The van der Waals surface area contributed by atoms with Gasteiger partial charge in [0.2, 0.25) is 5.91 Å². The molecule has 0 unspecified atom stereocenters. The maximum absolute atomic E-state index is 12.3. The zero-order valence-corrected chi connectivity index (χ0v) is 15.8. The van der Waals surface area contributed by atoms with E-state index in [0.717, 1.165) is 5.56 Å². The van der Waals surface area contributed by atoms with Gasteiger partial charge >= 0.3 is 0 Å². The Balaban J connectivity index is 1.99. The van der Waals surface area contributed by atoms with Crippen LogP contribution in [0.3, 0.4) is 0 Å². The number of benzene rings is 2. The van der Waals surface area contributed by atoms with E-state index >= 15 is 0 Å². The molecule has 2 amide bonds. The smallest absolute Gasteiger partial charge is 0.279 e. The average molecular weight is 377 g/mol. The number of quaternary nitrogens is 1. The summed E-state index contributed by atoms with van der Waals surface area (Å²) in [7, 11) is 1.52. The summed E-state index contributed by atoms with van der Waals surface area (Å²) in [6.45, 7) is 3.67. The van der Waals surface area contributed by atoms with Gasteiger partial charge in [0.15, 0.2) is 6.54 Å². The third-order valence-electron chi connectivity index (χ3n) is 3.83. The minimum Gasteiger partial charge on any atom is -0.495 e. The van der Waals surface area contributed by atoms with Crippen LogP contribution in [0, 0.1) is 0 Å². The molecule has 0 aliphatic rings. The lowest BCUT2D eigenvalue weighted by molar-refractivity contribution is -0.682. The standard InChI is InChI=1S/C19H22ClN3O3/c1-12(14-5-4-6-15(20)9-14)21-11-19(25)23-17-10-16(22-13(2)24)7-8-18(17)26-3/h4-10,12,21H,11H2,1-3H3,(H,22,24)(H,23,25)/p+1/t12-/m0/s1. The van der Waals surface area contributed by atoms with E-state index in [1.54, 1.807) is 18.2 Å². The third kappa shape index (κ3) is 5.75. The molecule has 0 aromatic heterocycles. The van der Waals surface area contributed by atoms with Gasteiger partial charge in [-0.05, 0) is 37.3 Å². The second-order valence-corrected chi connectivity index (χ2v) is 6.36. The molecule has 0 heterocycles. The number of hydrogen-bond acceptors (Lipinski definition) is 3. The van der Waals surface area contributed by atoms with Crippen molar-refractivity contribution in [1.29, 1.82) is 0 Å². The maximum atomic E-state index is 12.3. The molecule has 0 bridgehead atoms. The van der Waals surface area contributed by atoms with Gasteiger partial charge in [-0.2, -0.15) is 0 Å². The van der Waals surface area contributed by atoms with E-state index in [1.807, 2.05) is 36.5 Å². The molecule has 0 fully saturated rings. The third-order valence-corrected chi connectivity index (χ3v) is 4.06. The molecule has 0 aliphatic carbocycles. The van der Waals surface area contributed by atoms with Crippen molar-refractivity contribution in [1.82, 2.24) is 0 Å². The van der Waals surface area contributed by atoms with Crippen molar-refractivity contribution in [3.05, 3.63) is 53.1 Å². The lowest BCUT2D eigenvalue weighted by atomic mass is 10.1. The predicted octanol–water partition coefficient (Wildman–Crippen LogP) is 2.57. The normalized spacial score (nSPS) is 11.5. The molecule has 2 rings (SSSR count). The van der Waals surface area contributed by atoms with Gasteiger partial charge in [0, 0.05) is 23.2 Å². The van der Waals surface area contributed by atoms with E-state index in [-0.39, 0.29) is 24.4 Å². The Morgan fingerprint density at radius 1 is 1.19 bits per heavy atom. The molecule has 0 radical (unpaired) electrons. The number of ether oxygens (including phenoxy) is 1. The number of carbonyl (C=O) groups excluding carboxylic acids is 2. The van der Waals surface area contributed by atoms with Crippen LogP contribution in [0.15, 0.2) is 42.5 Å². The van der Waals surface area contributed by atoms with Crippen molar-refractivity contribution in [2.75, 3.05) is 24.3 Å². The van der Waals surface area contributed by atoms with Gasteiger partial charge in [0.25, 0.3) is 5.91 Å². The second-order valence-electron chi connectivity index (χ2n) is 5.93. The Bertz CT molecular complexity index is 795. The molecule has 1 atom stereocenters. The highest BCUT2D eigenvalue weighted by atomic mass is 35.5. The van der Waals surface area contributed by atoms with Crippen LogP contribution in [-0.4, -0.2) is 25.5 Å². The number of amides is 2. The number of nitrogens with one attached hydrogen (secondary N) is 2. The largest absolute Gasteiger partial charge is 0.495 e. The van der Waals surface area contributed by atoms with Gasteiger partial charge in [-0.15, -0.1) is 0 Å². The number of halogens is 1. The molecule has 0 saturated carbocycles. The van der Waals surface area contributed by atoms with Crippen LogP contribution in [0.25, 0.3) is 0 Å². The van der Waals surface area contributed by atoms with Crippen LogP contribution in [0.1, 0.15) is 25.5 Å². The molecule has 26 heavy (non-hydrogen) atoms. The van der Waals surface area contributed by atoms with Crippen LogP contribution >= 0.6 is 11.6 Å². The highest BCUT2D eigenvalue weighted by Crippen LogP contribution is 2.27. The minimum atomic E-state index is -0.184. The van der Waals surface area contributed by atoms with Crippen molar-refractivity contribution in [3.63, 3.8) is 0 Å². The number of anilines is 2. The predicted molar refractivity (Wildman–Crippen MR) is 103 cm³/mol. The second kappa shape index (κ2) is 9.22. The van der Waals surface area contributed by atoms with Crippen molar-refractivity contribution in [3.8, 4) is 5.75 Å². The lowest BCUT2D eigenvalue weighted by Crippen LogP contribution is -2.86. The Hall–Kier alpha value is -2.57. The van der Waals surface area contributed by atoms with Crippen LogP contribution in [0.2, 0.25) is 5.02 Å². The van der Waals surface area contributed by atoms with Crippen LogP contribution in [-0.2, 0) is 9.59 Å². The number of carbonyl (C=O) groups is 2.